The Morgan fingerprint density at radius 3 is 2.44 bits per heavy atom. The van der Waals surface area contributed by atoms with Gasteiger partial charge in [-0.15, -0.1) is 11.6 Å². The minimum atomic E-state index is -0.164. The van der Waals surface area contributed by atoms with Crippen LogP contribution in [0.15, 0.2) is 11.6 Å². The maximum Gasteiger partial charge on any atom is 0.156 e. The maximum atomic E-state index is 11.8. The van der Waals surface area contributed by atoms with Crippen molar-refractivity contribution in [1.82, 2.24) is 0 Å². The molecule has 1 fully saturated rings. The van der Waals surface area contributed by atoms with Crippen molar-refractivity contribution in [2.24, 2.45) is 10.8 Å². The summed E-state index contributed by atoms with van der Waals surface area (Å²) in [5, 5.41) is 0. The summed E-state index contributed by atoms with van der Waals surface area (Å²) in [5.74, 6) is 0.272. The highest BCUT2D eigenvalue weighted by Crippen LogP contribution is 2.61. The average Bonchev–Trinajstić information content (AvgIpc) is 2.19. The third kappa shape index (κ3) is 2.10. The number of carbonyl (C=O) groups is 1. The Labute approximate surface area is 123 Å². The van der Waals surface area contributed by atoms with Crippen LogP contribution in [0.4, 0.5) is 0 Å². The first-order chi connectivity index (χ1) is 8.11. The molecule has 0 aliphatic heterocycles. The topological polar surface area (TPSA) is 17.1 Å². The maximum absolute atomic E-state index is 11.8. The van der Waals surface area contributed by atoms with Crippen LogP contribution in [0.5, 0.6) is 0 Å². The zero-order valence-corrected chi connectivity index (χ0v) is 14.0. The summed E-state index contributed by atoms with van der Waals surface area (Å²) in [6, 6.07) is 0. The number of allylic oxidation sites excluding steroid dienone is 2. The van der Waals surface area contributed by atoms with Crippen LogP contribution in [-0.4, -0.2) is 15.5 Å². The third-order valence-electron chi connectivity index (χ3n) is 5.27. The van der Waals surface area contributed by atoms with Crippen LogP contribution in [0.25, 0.3) is 0 Å². The Balaban J connectivity index is 2.42. The highest BCUT2D eigenvalue weighted by atomic mass is 79.9. The molecule has 0 radical (unpaired) electrons. The number of hydrogen-bond acceptors (Lipinski definition) is 1. The standard InChI is InChI=1S/C15H22BrClO/c1-10-7-11(18)8-13(2,3)15(10)6-5-14(4,17)12(16)9-15/h7,12H,5-6,8-9H2,1-4H3/t12-,14-,15-/m0/s1. The summed E-state index contributed by atoms with van der Waals surface area (Å²) < 4.78 is 0. The zero-order valence-electron chi connectivity index (χ0n) is 11.6. The fourth-order valence-electron chi connectivity index (χ4n) is 3.78. The number of hydrogen-bond donors (Lipinski definition) is 0. The largest absolute Gasteiger partial charge is 0.295 e. The minimum absolute atomic E-state index is 0.0301. The van der Waals surface area contributed by atoms with E-state index in [2.05, 4.69) is 43.6 Å². The Hall–Kier alpha value is 0.180. The smallest absolute Gasteiger partial charge is 0.156 e. The molecule has 2 aliphatic rings. The van der Waals surface area contributed by atoms with E-state index in [0.29, 0.717) is 11.2 Å². The van der Waals surface area contributed by atoms with Gasteiger partial charge in [-0.1, -0.05) is 35.4 Å². The molecule has 2 rings (SSSR count). The molecule has 1 nitrogen and oxygen atoms in total. The molecule has 2 aliphatic carbocycles. The first-order valence-electron chi connectivity index (χ1n) is 6.65. The van der Waals surface area contributed by atoms with Gasteiger partial charge < -0.3 is 0 Å². The molecular weight excluding hydrogens is 312 g/mol. The lowest BCUT2D eigenvalue weighted by Gasteiger charge is -2.56. The van der Waals surface area contributed by atoms with Crippen LogP contribution in [0.2, 0.25) is 0 Å². The lowest BCUT2D eigenvalue weighted by molar-refractivity contribution is -0.120. The Kier molecular flexibility index (Phi) is 3.52. The van der Waals surface area contributed by atoms with Gasteiger partial charge >= 0.3 is 0 Å². The first kappa shape index (κ1) is 14.6. The molecule has 0 saturated heterocycles. The quantitative estimate of drug-likeness (QED) is 0.578. The van der Waals surface area contributed by atoms with Gasteiger partial charge in [0.1, 0.15) is 0 Å². The van der Waals surface area contributed by atoms with E-state index in [1.54, 1.807) is 0 Å². The zero-order chi connectivity index (χ0) is 13.8. The van der Waals surface area contributed by atoms with Gasteiger partial charge in [-0.25, -0.2) is 0 Å². The molecule has 0 aromatic heterocycles. The van der Waals surface area contributed by atoms with Crippen molar-refractivity contribution in [2.45, 2.75) is 63.1 Å². The van der Waals surface area contributed by atoms with Crippen LogP contribution < -0.4 is 0 Å². The van der Waals surface area contributed by atoms with Crippen LogP contribution in [0.3, 0.4) is 0 Å². The minimum Gasteiger partial charge on any atom is -0.295 e. The van der Waals surface area contributed by atoms with Crippen molar-refractivity contribution in [1.29, 1.82) is 0 Å². The number of halogens is 2. The van der Waals surface area contributed by atoms with Gasteiger partial charge in [0.05, 0.1) is 4.87 Å². The van der Waals surface area contributed by atoms with Crippen molar-refractivity contribution in [3.05, 3.63) is 11.6 Å². The number of rotatable bonds is 0. The lowest BCUT2D eigenvalue weighted by Crippen LogP contribution is -2.51. The summed E-state index contributed by atoms with van der Waals surface area (Å²) in [5.41, 5.74) is 1.41. The van der Waals surface area contributed by atoms with Crippen LogP contribution >= 0.6 is 27.5 Å². The van der Waals surface area contributed by atoms with E-state index in [0.717, 1.165) is 19.3 Å². The second-order valence-corrected chi connectivity index (χ2v) is 8.85. The number of alkyl halides is 2. The van der Waals surface area contributed by atoms with Crippen molar-refractivity contribution >= 4 is 33.3 Å². The van der Waals surface area contributed by atoms with E-state index < -0.39 is 0 Å². The molecule has 102 valence electrons. The molecule has 0 amide bonds. The molecular formula is C15H22BrClO. The van der Waals surface area contributed by atoms with E-state index in [4.69, 9.17) is 11.6 Å². The molecule has 18 heavy (non-hydrogen) atoms. The number of carbonyl (C=O) groups excluding carboxylic acids is 1. The predicted molar refractivity (Wildman–Crippen MR) is 80.4 cm³/mol. The summed E-state index contributed by atoms with van der Waals surface area (Å²) in [4.78, 5) is 11.9. The van der Waals surface area contributed by atoms with Crippen LogP contribution in [0.1, 0.15) is 53.4 Å². The van der Waals surface area contributed by atoms with E-state index in [1.807, 2.05) is 6.08 Å². The third-order valence-corrected chi connectivity index (χ3v) is 7.32. The monoisotopic (exact) mass is 332 g/mol. The normalized spacial score (nSPS) is 44.0. The molecule has 3 atom stereocenters. The van der Waals surface area contributed by atoms with Gasteiger partial charge in [-0.05, 0) is 50.0 Å². The fourth-order valence-corrected chi connectivity index (χ4v) is 4.73. The first-order valence-corrected chi connectivity index (χ1v) is 7.95. The van der Waals surface area contributed by atoms with Gasteiger partial charge in [-0.2, -0.15) is 0 Å². The highest BCUT2D eigenvalue weighted by Gasteiger charge is 2.55. The number of ketones is 1. The Bertz CT molecular complexity index is 411. The van der Waals surface area contributed by atoms with Gasteiger partial charge in [-0.3, -0.25) is 4.79 Å². The molecule has 0 unspecified atom stereocenters. The molecule has 1 saturated carbocycles. The molecule has 3 heteroatoms. The lowest BCUT2D eigenvalue weighted by atomic mass is 9.51. The van der Waals surface area contributed by atoms with Crippen LogP contribution in [-0.2, 0) is 4.79 Å². The molecule has 0 heterocycles. The summed E-state index contributed by atoms with van der Waals surface area (Å²) in [6.45, 7) is 8.70. The highest BCUT2D eigenvalue weighted by molar-refractivity contribution is 9.09. The van der Waals surface area contributed by atoms with Crippen molar-refractivity contribution < 1.29 is 4.79 Å². The average molecular weight is 334 g/mol. The van der Waals surface area contributed by atoms with Crippen molar-refractivity contribution in [3.8, 4) is 0 Å². The summed E-state index contributed by atoms with van der Waals surface area (Å²) >= 11 is 10.3. The molecule has 0 N–H and O–H groups in total. The van der Waals surface area contributed by atoms with Gasteiger partial charge in [0.25, 0.3) is 0 Å². The molecule has 0 aromatic carbocycles. The second kappa shape index (κ2) is 4.34. The predicted octanol–water partition coefficient (Wildman–Crippen LogP) is 4.86. The molecule has 0 bridgehead atoms. The van der Waals surface area contributed by atoms with Crippen molar-refractivity contribution in [2.75, 3.05) is 0 Å². The van der Waals surface area contributed by atoms with Crippen LogP contribution in [0, 0.1) is 10.8 Å². The van der Waals surface area contributed by atoms with Gasteiger partial charge in [0.2, 0.25) is 0 Å². The van der Waals surface area contributed by atoms with E-state index in [-0.39, 0.29) is 21.5 Å². The fraction of sp³-hybridized carbons (Fsp3) is 0.800. The Morgan fingerprint density at radius 1 is 1.33 bits per heavy atom. The SMILES string of the molecule is CC1=CC(=O)CC(C)(C)[C@]12CC[C@](C)(Cl)[C@@H](Br)C2. The van der Waals surface area contributed by atoms with Crippen molar-refractivity contribution in [3.63, 3.8) is 0 Å². The second-order valence-electron chi connectivity index (χ2n) is 6.89. The Morgan fingerprint density at radius 2 is 1.94 bits per heavy atom. The van der Waals surface area contributed by atoms with Gasteiger partial charge in [0, 0.05) is 11.2 Å². The van der Waals surface area contributed by atoms with E-state index in [9.17, 15) is 4.79 Å². The summed E-state index contributed by atoms with van der Waals surface area (Å²) in [7, 11) is 0. The van der Waals surface area contributed by atoms with Gasteiger partial charge in [0.15, 0.2) is 5.78 Å². The molecule has 0 aromatic rings. The molecule has 1 spiro atoms. The van der Waals surface area contributed by atoms with E-state index in [1.165, 1.54) is 5.57 Å². The van der Waals surface area contributed by atoms with E-state index >= 15 is 0 Å². The summed E-state index contributed by atoms with van der Waals surface area (Å²) in [6.07, 6.45) is 5.62.